The highest BCUT2D eigenvalue weighted by molar-refractivity contribution is 6.00. The predicted octanol–water partition coefficient (Wildman–Crippen LogP) is 5.26. The number of carbonyl (C=O) groups excluding carboxylic acids is 2. The monoisotopic (exact) mass is 426 g/mol. The number of hydrogen-bond acceptors (Lipinski definition) is 4. The minimum absolute atomic E-state index is 0.0489. The number of ketones is 1. The van der Waals surface area contributed by atoms with E-state index >= 15 is 0 Å². The largest absolute Gasteiger partial charge is 0.311 e. The number of nitrogens with zero attached hydrogens (tertiary/aromatic N) is 3. The first kappa shape index (κ1) is 21.4. The molecule has 0 fully saturated rings. The highest BCUT2D eigenvalue weighted by Crippen LogP contribution is 2.24. The minimum atomic E-state index is -0.236. The molecule has 0 atom stereocenters. The molecule has 0 aliphatic heterocycles. The van der Waals surface area contributed by atoms with Crippen LogP contribution in [0.15, 0.2) is 54.6 Å². The lowest BCUT2D eigenvalue weighted by Gasteiger charge is -2.11. The molecule has 0 radical (unpaired) electrons. The molecule has 0 aliphatic carbocycles. The van der Waals surface area contributed by atoms with Gasteiger partial charge in [-0.3, -0.25) is 9.59 Å². The zero-order chi connectivity index (χ0) is 22.8. The van der Waals surface area contributed by atoms with Crippen molar-refractivity contribution in [1.29, 1.82) is 0 Å². The van der Waals surface area contributed by atoms with Crippen LogP contribution in [-0.4, -0.2) is 26.5 Å². The molecule has 0 saturated carbocycles. The number of aryl methyl sites for hydroxylation is 4. The summed E-state index contributed by atoms with van der Waals surface area (Å²) in [6, 6.07) is 17.3. The van der Waals surface area contributed by atoms with E-state index < -0.39 is 0 Å². The predicted molar refractivity (Wildman–Crippen MR) is 126 cm³/mol. The number of pyridine rings is 1. The van der Waals surface area contributed by atoms with Crippen molar-refractivity contribution in [3.63, 3.8) is 0 Å². The molecular formula is C26H26N4O2. The van der Waals surface area contributed by atoms with Gasteiger partial charge < -0.3 is 5.32 Å². The molecule has 0 spiro atoms. The third-order valence-corrected chi connectivity index (χ3v) is 5.50. The Labute approximate surface area is 187 Å². The fourth-order valence-corrected chi connectivity index (χ4v) is 3.73. The lowest BCUT2D eigenvalue weighted by molar-refractivity contribution is -0.116. The van der Waals surface area contributed by atoms with E-state index in [1.54, 1.807) is 22.9 Å². The Morgan fingerprint density at radius 3 is 2.41 bits per heavy atom. The van der Waals surface area contributed by atoms with Gasteiger partial charge in [0.1, 0.15) is 5.82 Å². The van der Waals surface area contributed by atoms with Gasteiger partial charge >= 0.3 is 0 Å². The Hall–Kier alpha value is -3.80. The molecule has 0 unspecified atom stereocenters. The van der Waals surface area contributed by atoms with Crippen molar-refractivity contribution >= 4 is 28.4 Å². The number of carbonyl (C=O) groups is 2. The SMILES string of the molecule is Cc1ccc(C(=O)CCC(=O)Nc2cc(C)nn2-c2cc(C)c3cccc(C)c3n2)cc1. The highest BCUT2D eigenvalue weighted by Gasteiger charge is 2.15. The van der Waals surface area contributed by atoms with Crippen LogP contribution < -0.4 is 5.32 Å². The van der Waals surface area contributed by atoms with Gasteiger partial charge in [0.05, 0.1) is 11.2 Å². The summed E-state index contributed by atoms with van der Waals surface area (Å²) in [5.74, 6) is 0.894. The maximum absolute atomic E-state index is 12.6. The van der Waals surface area contributed by atoms with Crippen LogP contribution in [0.25, 0.3) is 16.7 Å². The number of fused-ring (bicyclic) bond motifs is 1. The first-order chi connectivity index (χ1) is 15.3. The molecule has 6 nitrogen and oxygen atoms in total. The standard InChI is InChI=1S/C26H26N4O2/c1-16-8-10-20(11-9-16)22(31)12-13-25(32)27-24-15-19(4)29-30(24)23-14-18(3)21-7-5-6-17(2)26(21)28-23/h5-11,14-15H,12-13H2,1-4H3,(H,27,32). The Kier molecular flexibility index (Phi) is 5.86. The Morgan fingerprint density at radius 1 is 0.906 bits per heavy atom. The van der Waals surface area contributed by atoms with Gasteiger partial charge in [-0.05, 0) is 44.9 Å². The van der Waals surface area contributed by atoms with Crippen molar-refractivity contribution < 1.29 is 9.59 Å². The van der Waals surface area contributed by atoms with Crippen molar-refractivity contribution in [2.24, 2.45) is 0 Å². The molecule has 0 saturated heterocycles. The van der Waals surface area contributed by atoms with E-state index in [2.05, 4.69) is 16.5 Å². The number of aromatic nitrogens is 3. The maximum Gasteiger partial charge on any atom is 0.225 e. The van der Waals surface area contributed by atoms with Crippen molar-refractivity contribution in [2.45, 2.75) is 40.5 Å². The fourth-order valence-electron chi connectivity index (χ4n) is 3.73. The number of amides is 1. The van der Waals surface area contributed by atoms with Crippen molar-refractivity contribution in [3.05, 3.63) is 82.5 Å². The summed E-state index contributed by atoms with van der Waals surface area (Å²) in [7, 11) is 0. The van der Waals surface area contributed by atoms with E-state index in [-0.39, 0.29) is 24.5 Å². The topological polar surface area (TPSA) is 76.9 Å². The van der Waals surface area contributed by atoms with E-state index in [4.69, 9.17) is 4.98 Å². The molecule has 2 aromatic heterocycles. The number of hydrogen-bond donors (Lipinski definition) is 1. The normalized spacial score (nSPS) is 11.0. The second-order valence-corrected chi connectivity index (χ2v) is 8.19. The summed E-state index contributed by atoms with van der Waals surface area (Å²) < 4.78 is 1.65. The molecule has 2 heterocycles. The van der Waals surface area contributed by atoms with Crippen molar-refractivity contribution in [2.75, 3.05) is 5.32 Å². The molecule has 162 valence electrons. The van der Waals surface area contributed by atoms with Crippen molar-refractivity contribution in [1.82, 2.24) is 14.8 Å². The summed E-state index contributed by atoms with van der Waals surface area (Å²) >= 11 is 0. The molecule has 0 aliphatic rings. The van der Waals surface area contributed by atoms with Crippen LogP contribution in [0, 0.1) is 27.7 Å². The van der Waals surface area contributed by atoms with E-state index in [0.717, 1.165) is 33.3 Å². The second-order valence-electron chi connectivity index (χ2n) is 8.19. The van der Waals surface area contributed by atoms with Gasteiger partial charge in [-0.2, -0.15) is 9.78 Å². The van der Waals surface area contributed by atoms with Gasteiger partial charge in [-0.25, -0.2) is 4.98 Å². The third kappa shape index (κ3) is 4.44. The molecule has 6 heteroatoms. The Balaban J connectivity index is 1.53. The third-order valence-electron chi connectivity index (χ3n) is 5.50. The average Bonchev–Trinajstić information content (AvgIpc) is 3.13. The minimum Gasteiger partial charge on any atom is -0.311 e. The van der Waals surface area contributed by atoms with Gasteiger partial charge in [0.15, 0.2) is 11.6 Å². The fraction of sp³-hybridized carbons (Fsp3) is 0.231. The summed E-state index contributed by atoms with van der Waals surface area (Å²) in [5, 5.41) is 8.53. The first-order valence-corrected chi connectivity index (χ1v) is 10.7. The summed E-state index contributed by atoms with van der Waals surface area (Å²) in [6.07, 6.45) is 0.245. The van der Waals surface area contributed by atoms with Gasteiger partial charge in [-0.1, -0.05) is 48.0 Å². The van der Waals surface area contributed by atoms with E-state index in [1.807, 2.05) is 58.0 Å². The quantitative estimate of drug-likeness (QED) is 0.427. The molecule has 1 amide bonds. The van der Waals surface area contributed by atoms with E-state index in [0.29, 0.717) is 17.2 Å². The van der Waals surface area contributed by atoms with Crippen LogP contribution in [0.4, 0.5) is 5.82 Å². The van der Waals surface area contributed by atoms with Crippen LogP contribution in [-0.2, 0) is 4.79 Å². The summed E-state index contributed by atoms with van der Waals surface area (Å²) in [5.41, 5.74) is 5.56. The van der Waals surface area contributed by atoms with Gasteiger partial charge in [0, 0.05) is 29.9 Å². The molecule has 2 aromatic carbocycles. The van der Waals surface area contributed by atoms with Crippen LogP contribution in [0.2, 0.25) is 0 Å². The summed E-state index contributed by atoms with van der Waals surface area (Å²) in [6.45, 7) is 7.91. The molecule has 0 bridgehead atoms. The van der Waals surface area contributed by atoms with Crippen LogP contribution in [0.5, 0.6) is 0 Å². The van der Waals surface area contributed by atoms with E-state index in [9.17, 15) is 9.59 Å². The molecule has 4 aromatic rings. The lowest BCUT2D eigenvalue weighted by Crippen LogP contribution is -2.16. The van der Waals surface area contributed by atoms with Crippen LogP contribution in [0.1, 0.15) is 45.6 Å². The Bertz CT molecular complexity index is 1320. The smallest absolute Gasteiger partial charge is 0.225 e. The maximum atomic E-state index is 12.6. The highest BCUT2D eigenvalue weighted by atomic mass is 16.2. The van der Waals surface area contributed by atoms with Gasteiger partial charge in [0.2, 0.25) is 5.91 Å². The number of anilines is 1. The summed E-state index contributed by atoms with van der Waals surface area (Å²) in [4.78, 5) is 29.8. The number of benzene rings is 2. The van der Waals surface area contributed by atoms with Crippen molar-refractivity contribution in [3.8, 4) is 5.82 Å². The molecular weight excluding hydrogens is 400 g/mol. The molecule has 32 heavy (non-hydrogen) atoms. The van der Waals surface area contributed by atoms with Gasteiger partial charge in [-0.15, -0.1) is 0 Å². The number of para-hydroxylation sites is 1. The van der Waals surface area contributed by atoms with Crippen LogP contribution >= 0.6 is 0 Å². The average molecular weight is 427 g/mol. The Morgan fingerprint density at radius 2 is 1.66 bits per heavy atom. The molecule has 1 N–H and O–H groups in total. The number of nitrogens with one attached hydrogen (secondary N) is 1. The second kappa shape index (κ2) is 8.75. The first-order valence-electron chi connectivity index (χ1n) is 10.7. The zero-order valence-corrected chi connectivity index (χ0v) is 18.8. The zero-order valence-electron chi connectivity index (χ0n) is 18.8. The van der Waals surface area contributed by atoms with Gasteiger partial charge in [0.25, 0.3) is 0 Å². The number of Topliss-reactive ketones (excluding diaryl/α,β-unsaturated/α-hetero) is 1. The van der Waals surface area contributed by atoms with Crippen LogP contribution in [0.3, 0.4) is 0 Å². The molecule has 4 rings (SSSR count). The lowest BCUT2D eigenvalue weighted by atomic mass is 10.1. The number of rotatable bonds is 6. The van der Waals surface area contributed by atoms with E-state index in [1.165, 1.54) is 0 Å².